The van der Waals surface area contributed by atoms with Crippen molar-refractivity contribution < 1.29 is 14.2 Å². The van der Waals surface area contributed by atoms with Gasteiger partial charge in [-0.15, -0.1) is 0 Å². The van der Waals surface area contributed by atoms with E-state index in [4.69, 9.17) is 23.2 Å². The van der Waals surface area contributed by atoms with Crippen molar-refractivity contribution in [2.24, 2.45) is 0 Å². The van der Waals surface area contributed by atoms with Crippen LogP contribution in [0.15, 0.2) is 42.9 Å². The number of fused-ring (bicyclic) bond motifs is 1. The smallest absolute Gasteiger partial charge is 0.283 e. The van der Waals surface area contributed by atoms with E-state index in [0.29, 0.717) is 24.6 Å². The molecule has 2 aromatic heterocycles. The van der Waals surface area contributed by atoms with Crippen molar-refractivity contribution in [2.45, 2.75) is 18.9 Å². The van der Waals surface area contributed by atoms with Gasteiger partial charge >= 0.3 is 0 Å². The number of carbonyl (C=O) groups excluding carboxylic acids is 1. The van der Waals surface area contributed by atoms with E-state index in [1.165, 1.54) is 5.56 Å². The third-order valence-electron chi connectivity index (χ3n) is 6.04. The number of nitrogens with one attached hydrogen (secondary N) is 1. The Morgan fingerprint density at radius 2 is 2.09 bits per heavy atom. The van der Waals surface area contributed by atoms with E-state index in [9.17, 15) is 4.79 Å². The lowest BCUT2D eigenvalue weighted by molar-refractivity contribution is 0.102. The minimum absolute atomic E-state index is 0.0522. The Labute approximate surface area is 192 Å². The largest absolute Gasteiger partial charge is 0.441 e. The number of anilines is 3. The highest BCUT2D eigenvalue weighted by Crippen LogP contribution is 2.36. The Kier molecular flexibility index (Phi) is 5.93. The van der Waals surface area contributed by atoms with Crippen molar-refractivity contribution in [3.63, 3.8) is 0 Å². The van der Waals surface area contributed by atoms with E-state index in [2.05, 4.69) is 25.2 Å². The van der Waals surface area contributed by atoms with Crippen LogP contribution in [0.4, 0.5) is 17.2 Å². The predicted octanol–water partition coefficient (Wildman–Crippen LogP) is 2.30. The molecule has 3 N–H and O–H groups in total. The molecule has 5 rings (SSSR count). The van der Waals surface area contributed by atoms with Crippen LogP contribution in [0.2, 0.25) is 0 Å². The first kappa shape index (κ1) is 21.4. The normalized spacial score (nSPS) is 17.6. The molecule has 2 aliphatic rings. The molecule has 1 aliphatic carbocycles. The number of amides is 1. The summed E-state index contributed by atoms with van der Waals surface area (Å²) in [5.74, 6) is -0.397. The molecule has 9 nitrogen and oxygen atoms in total. The number of aromatic nitrogens is 3. The molecule has 2 radical (unpaired) electrons. The fourth-order valence-corrected chi connectivity index (χ4v) is 4.31. The summed E-state index contributed by atoms with van der Waals surface area (Å²) in [6, 6.07) is 7.84. The average Bonchev–Trinajstić information content (AvgIpc) is 3.27. The first-order chi connectivity index (χ1) is 16.1. The lowest BCUT2D eigenvalue weighted by atomic mass is 10.0. The molecule has 10 heteroatoms. The van der Waals surface area contributed by atoms with Gasteiger partial charge in [0, 0.05) is 24.8 Å². The number of rotatable bonds is 5. The van der Waals surface area contributed by atoms with Crippen LogP contribution in [0, 0.1) is 0 Å². The molecule has 0 saturated carbocycles. The molecule has 1 amide bonds. The van der Waals surface area contributed by atoms with Gasteiger partial charge in [0.2, 0.25) is 0 Å². The molecular formula is C23H23BN6O3. The Morgan fingerprint density at radius 1 is 1.24 bits per heavy atom. The summed E-state index contributed by atoms with van der Waals surface area (Å²) >= 11 is 0. The van der Waals surface area contributed by atoms with Gasteiger partial charge in [-0.3, -0.25) is 9.78 Å². The van der Waals surface area contributed by atoms with E-state index >= 15 is 0 Å². The molecule has 3 heterocycles. The zero-order valence-corrected chi connectivity index (χ0v) is 18.0. The number of aryl methyl sites for hydroxylation is 1. The standard InChI is InChI=1S/C23H23BN6O3/c24-33-20-4-3-14-1-2-15(11-16(14)20)17-13-27-22(25)21(28-17)23(31)29-18-12-26-6-5-19(18)30-7-9-32-10-8-30/h1-2,5-6,11-13,20H,3-4,7-10H2,(H2,25,27)(H,29,31). The van der Waals surface area contributed by atoms with E-state index in [1.807, 2.05) is 24.3 Å². The number of nitrogens with two attached hydrogens (primary N) is 1. The quantitative estimate of drug-likeness (QED) is 0.579. The van der Waals surface area contributed by atoms with Gasteiger partial charge < -0.3 is 25.3 Å². The van der Waals surface area contributed by atoms with Gasteiger partial charge in [0.25, 0.3) is 14.0 Å². The van der Waals surface area contributed by atoms with Crippen molar-refractivity contribution in [1.29, 1.82) is 0 Å². The van der Waals surface area contributed by atoms with Crippen LogP contribution < -0.4 is 16.0 Å². The van der Waals surface area contributed by atoms with E-state index < -0.39 is 5.91 Å². The highest BCUT2D eigenvalue weighted by Gasteiger charge is 2.23. The molecule has 1 unspecified atom stereocenters. The fraction of sp³-hybridized carbons (Fsp3) is 0.304. The van der Waals surface area contributed by atoms with Gasteiger partial charge in [0.1, 0.15) is 0 Å². The maximum absolute atomic E-state index is 13.1. The van der Waals surface area contributed by atoms with Crippen LogP contribution >= 0.6 is 0 Å². The van der Waals surface area contributed by atoms with Gasteiger partial charge in [-0.2, -0.15) is 0 Å². The lowest BCUT2D eigenvalue weighted by Gasteiger charge is -2.30. The topological polar surface area (TPSA) is 115 Å². The van der Waals surface area contributed by atoms with Crippen molar-refractivity contribution in [3.8, 4) is 11.3 Å². The second-order valence-electron chi connectivity index (χ2n) is 8.01. The average molecular weight is 442 g/mol. The van der Waals surface area contributed by atoms with Crippen molar-refractivity contribution in [2.75, 3.05) is 42.3 Å². The third-order valence-corrected chi connectivity index (χ3v) is 6.04. The molecule has 1 atom stereocenters. The summed E-state index contributed by atoms with van der Waals surface area (Å²) in [5.41, 5.74) is 11.1. The molecule has 0 bridgehead atoms. The molecule has 1 aliphatic heterocycles. The summed E-state index contributed by atoms with van der Waals surface area (Å²) in [6.45, 7) is 2.73. The first-order valence-corrected chi connectivity index (χ1v) is 10.8. The number of benzene rings is 1. The van der Waals surface area contributed by atoms with Gasteiger partial charge in [-0.25, -0.2) is 9.97 Å². The summed E-state index contributed by atoms with van der Waals surface area (Å²) in [5, 5.41) is 2.90. The van der Waals surface area contributed by atoms with Crippen LogP contribution in [0.3, 0.4) is 0 Å². The monoisotopic (exact) mass is 442 g/mol. The molecule has 1 aromatic carbocycles. The van der Waals surface area contributed by atoms with E-state index in [1.54, 1.807) is 18.6 Å². The van der Waals surface area contributed by atoms with Gasteiger partial charge in [-0.05, 0) is 36.1 Å². The number of nitrogens with zero attached hydrogens (tertiary/aromatic N) is 4. The molecule has 0 spiro atoms. The van der Waals surface area contributed by atoms with Crippen molar-refractivity contribution in [1.82, 2.24) is 15.0 Å². The minimum atomic E-state index is -0.450. The van der Waals surface area contributed by atoms with Gasteiger partial charge in [0.15, 0.2) is 11.5 Å². The van der Waals surface area contributed by atoms with E-state index in [0.717, 1.165) is 42.7 Å². The second-order valence-corrected chi connectivity index (χ2v) is 8.01. The molecule has 1 fully saturated rings. The Morgan fingerprint density at radius 3 is 2.91 bits per heavy atom. The van der Waals surface area contributed by atoms with Crippen LogP contribution in [-0.4, -0.2) is 55.2 Å². The van der Waals surface area contributed by atoms with Crippen LogP contribution in [-0.2, 0) is 15.8 Å². The summed E-state index contributed by atoms with van der Waals surface area (Å²) < 4.78 is 10.5. The lowest BCUT2D eigenvalue weighted by Crippen LogP contribution is -2.36. The maximum Gasteiger partial charge on any atom is 0.283 e. The number of ether oxygens (including phenoxy) is 1. The number of carbonyl (C=O) groups is 1. The van der Waals surface area contributed by atoms with Gasteiger partial charge in [-0.1, -0.05) is 12.1 Å². The summed E-state index contributed by atoms with van der Waals surface area (Å²) in [7, 11) is 5.45. The van der Waals surface area contributed by atoms with Crippen molar-refractivity contribution >= 4 is 31.1 Å². The predicted molar refractivity (Wildman–Crippen MR) is 125 cm³/mol. The number of hydrogen-bond acceptors (Lipinski definition) is 8. The highest BCUT2D eigenvalue weighted by molar-refractivity contribution is 6.07. The molecule has 33 heavy (non-hydrogen) atoms. The Bertz CT molecular complexity index is 1180. The Balaban J connectivity index is 1.42. The summed E-state index contributed by atoms with van der Waals surface area (Å²) in [6.07, 6.45) is 6.48. The fourth-order valence-electron chi connectivity index (χ4n) is 4.31. The third kappa shape index (κ3) is 4.27. The van der Waals surface area contributed by atoms with Crippen LogP contribution in [0.1, 0.15) is 34.1 Å². The zero-order chi connectivity index (χ0) is 22.8. The highest BCUT2D eigenvalue weighted by atomic mass is 16.5. The number of pyridine rings is 1. The number of morpholine rings is 1. The van der Waals surface area contributed by atoms with Crippen LogP contribution in [0.5, 0.6) is 0 Å². The maximum atomic E-state index is 13.1. The number of nitrogen functional groups attached to an aromatic ring is 1. The summed E-state index contributed by atoms with van der Waals surface area (Å²) in [4.78, 5) is 28.2. The minimum Gasteiger partial charge on any atom is -0.441 e. The van der Waals surface area contributed by atoms with E-state index in [-0.39, 0.29) is 17.6 Å². The molecule has 166 valence electrons. The molecule has 1 saturated heterocycles. The number of hydrogen-bond donors (Lipinski definition) is 2. The zero-order valence-electron chi connectivity index (χ0n) is 18.0. The van der Waals surface area contributed by atoms with Gasteiger partial charge in [0.05, 0.1) is 48.8 Å². The molecular weight excluding hydrogens is 419 g/mol. The molecule has 3 aromatic rings. The van der Waals surface area contributed by atoms with Crippen molar-refractivity contribution in [3.05, 3.63) is 59.7 Å². The van der Waals surface area contributed by atoms with Crippen LogP contribution in [0.25, 0.3) is 11.3 Å². The SMILES string of the molecule is [B]OC1CCc2ccc(-c3cnc(N)c(C(=O)Nc4cnccc4N4CCOCC4)n3)cc21. The second kappa shape index (κ2) is 9.17. The first-order valence-electron chi connectivity index (χ1n) is 10.8. The Hall–Kier alpha value is -3.50.